The number of imide groups is 1. The van der Waals surface area contributed by atoms with Crippen molar-refractivity contribution < 1.29 is 33.4 Å². The molecule has 2 aromatic rings. The van der Waals surface area contributed by atoms with E-state index in [1.54, 1.807) is 45.0 Å². The molecule has 3 rings (SSSR count). The molecule has 1 saturated heterocycles. The Morgan fingerprint density at radius 2 is 1.72 bits per heavy atom. The van der Waals surface area contributed by atoms with Gasteiger partial charge in [0.2, 0.25) is 0 Å². The summed E-state index contributed by atoms with van der Waals surface area (Å²) >= 11 is 0. The minimum Gasteiger partial charge on any atom is -0.497 e. The fraction of sp³-hybridized carbons (Fsp3) is 0.379. The SMILES string of the molecule is C=CC[C@@]1(CNC(=O)OCc2ccccc2)C(=O)N(C(=O)c2ccc(OC)cc2)CCN1C(=O)OC(C)(C)C. The summed E-state index contributed by atoms with van der Waals surface area (Å²) in [4.78, 5) is 55.7. The summed E-state index contributed by atoms with van der Waals surface area (Å²) in [5.74, 6) is -0.637. The Labute approximate surface area is 228 Å². The first kappa shape index (κ1) is 29.2. The van der Waals surface area contributed by atoms with Crippen molar-refractivity contribution in [2.75, 3.05) is 26.7 Å². The Morgan fingerprint density at radius 3 is 2.31 bits per heavy atom. The van der Waals surface area contributed by atoms with Gasteiger partial charge >= 0.3 is 12.2 Å². The number of alkyl carbamates (subject to hydrolysis) is 1. The summed E-state index contributed by atoms with van der Waals surface area (Å²) in [6.07, 6.45) is -0.101. The van der Waals surface area contributed by atoms with Crippen molar-refractivity contribution in [1.82, 2.24) is 15.1 Å². The molecule has 1 atom stereocenters. The van der Waals surface area contributed by atoms with E-state index in [1.807, 2.05) is 30.3 Å². The Balaban J connectivity index is 1.88. The molecule has 0 bridgehead atoms. The summed E-state index contributed by atoms with van der Waals surface area (Å²) in [5, 5.41) is 2.61. The first-order chi connectivity index (χ1) is 18.5. The van der Waals surface area contributed by atoms with E-state index >= 15 is 0 Å². The van der Waals surface area contributed by atoms with E-state index in [1.165, 1.54) is 18.1 Å². The molecule has 208 valence electrons. The molecule has 1 aliphatic heterocycles. The number of nitrogens with zero attached hydrogens (tertiary/aromatic N) is 2. The molecule has 4 amide bonds. The maximum absolute atomic E-state index is 14.0. The second-order valence-electron chi connectivity index (χ2n) is 10.1. The highest BCUT2D eigenvalue weighted by Crippen LogP contribution is 2.30. The summed E-state index contributed by atoms with van der Waals surface area (Å²) in [7, 11) is 1.51. The van der Waals surface area contributed by atoms with Crippen molar-refractivity contribution >= 4 is 24.0 Å². The van der Waals surface area contributed by atoms with Crippen LogP contribution in [0.5, 0.6) is 5.75 Å². The number of carbonyl (C=O) groups is 4. The largest absolute Gasteiger partial charge is 0.497 e. The van der Waals surface area contributed by atoms with Gasteiger partial charge in [-0.3, -0.25) is 19.4 Å². The van der Waals surface area contributed by atoms with Gasteiger partial charge in [0, 0.05) is 18.7 Å². The molecule has 0 aromatic heterocycles. The molecule has 39 heavy (non-hydrogen) atoms. The highest BCUT2D eigenvalue weighted by Gasteiger charge is 2.53. The van der Waals surface area contributed by atoms with E-state index in [0.717, 1.165) is 10.5 Å². The van der Waals surface area contributed by atoms with Crippen LogP contribution in [0.4, 0.5) is 9.59 Å². The van der Waals surface area contributed by atoms with Gasteiger partial charge in [0.05, 0.1) is 13.7 Å². The first-order valence-electron chi connectivity index (χ1n) is 12.6. The lowest BCUT2D eigenvalue weighted by atomic mass is 9.88. The molecule has 0 radical (unpaired) electrons. The van der Waals surface area contributed by atoms with Gasteiger partial charge in [0.25, 0.3) is 11.8 Å². The van der Waals surface area contributed by atoms with Crippen LogP contribution >= 0.6 is 0 Å². The Kier molecular flexibility index (Phi) is 9.34. The summed E-state index contributed by atoms with van der Waals surface area (Å²) in [6.45, 7) is 8.54. The average molecular weight is 538 g/mol. The predicted molar refractivity (Wildman–Crippen MR) is 144 cm³/mol. The van der Waals surface area contributed by atoms with E-state index in [4.69, 9.17) is 14.2 Å². The number of hydrogen-bond donors (Lipinski definition) is 1. The first-order valence-corrected chi connectivity index (χ1v) is 12.6. The van der Waals surface area contributed by atoms with Gasteiger partial charge in [-0.1, -0.05) is 36.4 Å². The summed E-state index contributed by atoms with van der Waals surface area (Å²) in [5.41, 5.74) is -1.44. The maximum Gasteiger partial charge on any atom is 0.411 e. The van der Waals surface area contributed by atoms with Gasteiger partial charge in [0.15, 0.2) is 0 Å². The van der Waals surface area contributed by atoms with Crippen LogP contribution in [0.15, 0.2) is 67.3 Å². The van der Waals surface area contributed by atoms with Crippen molar-refractivity contribution in [2.45, 2.75) is 44.9 Å². The number of benzene rings is 2. The van der Waals surface area contributed by atoms with E-state index in [2.05, 4.69) is 11.9 Å². The molecule has 10 heteroatoms. The molecular formula is C29H35N3O7. The molecule has 1 N–H and O–H groups in total. The summed E-state index contributed by atoms with van der Waals surface area (Å²) in [6, 6.07) is 15.5. The second kappa shape index (κ2) is 12.5. The van der Waals surface area contributed by atoms with Crippen LogP contribution in [-0.4, -0.2) is 71.7 Å². The molecule has 0 spiro atoms. The second-order valence-corrected chi connectivity index (χ2v) is 10.1. The number of hydrogen-bond acceptors (Lipinski definition) is 7. The highest BCUT2D eigenvalue weighted by atomic mass is 16.6. The molecule has 10 nitrogen and oxygen atoms in total. The maximum atomic E-state index is 14.0. The summed E-state index contributed by atoms with van der Waals surface area (Å²) < 4.78 is 16.0. The number of nitrogens with one attached hydrogen (secondary N) is 1. The van der Waals surface area contributed by atoms with Gasteiger partial charge in [-0.25, -0.2) is 9.59 Å². The van der Waals surface area contributed by atoms with Crippen LogP contribution in [0.3, 0.4) is 0 Å². The lowest BCUT2D eigenvalue weighted by Gasteiger charge is -2.48. The Morgan fingerprint density at radius 1 is 1.05 bits per heavy atom. The number of ether oxygens (including phenoxy) is 3. The molecular weight excluding hydrogens is 502 g/mol. The van der Waals surface area contributed by atoms with E-state index in [0.29, 0.717) is 5.75 Å². The molecule has 0 saturated carbocycles. The average Bonchev–Trinajstić information content (AvgIpc) is 2.91. The minimum atomic E-state index is -1.67. The van der Waals surface area contributed by atoms with Crippen LogP contribution in [0.1, 0.15) is 43.1 Å². The Hall–Kier alpha value is -4.34. The van der Waals surface area contributed by atoms with E-state index < -0.39 is 35.1 Å². The molecule has 0 unspecified atom stereocenters. The van der Waals surface area contributed by atoms with Gasteiger partial charge < -0.3 is 19.5 Å². The van der Waals surface area contributed by atoms with Gasteiger partial charge in [-0.2, -0.15) is 0 Å². The monoisotopic (exact) mass is 537 g/mol. The van der Waals surface area contributed by atoms with Crippen LogP contribution in [0.2, 0.25) is 0 Å². The lowest BCUT2D eigenvalue weighted by molar-refractivity contribution is -0.146. The van der Waals surface area contributed by atoms with Crippen molar-refractivity contribution in [3.05, 3.63) is 78.4 Å². The van der Waals surface area contributed by atoms with Crippen LogP contribution in [-0.2, 0) is 20.9 Å². The standard InChI is InChI=1S/C29H35N3O7/c1-6-16-29(20-30-26(35)38-19-21-10-8-7-9-11-21)25(34)31(17-18-32(29)27(36)39-28(2,3)4)24(33)22-12-14-23(37-5)15-13-22/h6-15H,1,16-20H2,2-5H3,(H,30,35)/t29-/m1/s1. The molecule has 1 fully saturated rings. The number of carbonyl (C=O) groups excluding carboxylic acids is 4. The normalized spacial score (nSPS) is 17.3. The van der Waals surface area contributed by atoms with Crippen molar-refractivity contribution in [3.63, 3.8) is 0 Å². The van der Waals surface area contributed by atoms with E-state index in [-0.39, 0.29) is 38.2 Å². The van der Waals surface area contributed by atoms with Crippen molar-refractivity contribution in [1.29, 1.82) is 0 Å². The zero-order valence-electron chi connectivity index (χ0n) is 22.8. The predicted octanol–water partition coefficient (Wildman–Crippen LogP) is 4.16. The fourth-order valence-electron chi connectivity index (χ4n) is 4.22. The number of amides is 4. The van der Waals surface area contributed by atoms with Gasteiger partial charge in [-0.15, -0.1) is 6.58 Å². The minimum absolute atomic E-state index is 0.00285. The van der Waals surface area contributed by atoms with Crippen LogP contribution < -0.4 is 10.1 Å². The molecule has 0 aliphatic carbocycles. The van der Waals surface area contributed by atoms with Crippen LogP contribution in [0.25, 0.3) is 0 Å². The zero-order valence-corrected chi connectivity index (χ0v) is 22.8. The number of piperazine rings is 1. The van der Waals surface area contributed by atoms with Crippen LogP contribution in [0, 0.1) is 0 Å². The third-order valence-electron chi connectivity index (χ3n) is 6.12. The van der Waals surface area contributed by atoms with Gasteiger partial charge in [0.1, 0.15) is 23.5 Å². The quantitative estimate of drug-likeness (QED) is 0.397. The van der Waals surface area contributed by atoms with E-state index in [9.17, 15) is 19.2 Å². The highest BCUT2D eigenvalue weighted by molar-refractivity contribution is 6.09. The third kappa shape index (κ3) is 7.16. The third-order valence-corrected chi connectivity index (χ3v) is 6.12. The molecule has 1 heterocycles. The lowest BCUT2D eigenvalue weighted by Crippen LogP contribution is -2.71. The fourth-order valence-corrected chi connectivity index (χ4v) is 4.22. The zero-order chi connectivity index (χ0) is 28.6. The Bertz CT molecular complexity index is 1190. The van der Waals surface area contributed by atoms with Gasteiger partial charge in [-0.05, 0) is 57.0 Å². The number of methoxy groups -OCH3 is 1. The molecule has 2 aromatic carbocycles. The van der Waals surface area contributed by atoms with Crippen molar-refractivity contribution in [3.8, 4) is 5.75 Å². The topological polar surface area (TPSA) is 114 Å². The van der Waals surface area contributed by atoms with Crippen molar-refractivity contribution in [2.24, 2.45) is 0 Å². The molecule has 1 aliphatic rings. The number of rotatable bonds is 8. The smallest absolute Gasteiger partial charge is 0.411 e.